The van der Waals surface area contributed by atoms with Crippen molar-refractivity contribution in [1.82, 2.24) is 19.5 Å². The first-order chi connectivity index (χ1) is 18.4. The Morgan fingerprint density at radius 3 is 2.49 bits per heavy atom. The molecule has 15 heteroatoms. The summed E-state index contributed by atoms with van der Waals surface area (Å²) in [4.78, 5) is 25.0. The van der Waals surface area contributed by atoms with E-state index in [9.17, 15) is 31.9 Å². The van der Waals surface area contributed by atoms with E-state index in [1.54, 1.807) is 4.98 Å². The summed E-state index contributed by atoms with van der Waals surface area (Å²) < 4.78 is 61.0. The largest absolute Gasteiger partial charge is 0.507 e. The number of rotatable bonds is 8. The molecule has 0 saturated heterocycles. The van der Waals surface area contributed by atoms with Gasteiger partial charge in [0.15, 0.2) is 11.4 Å². The minimum atomic E-state index is -4.21. The van der Waals surface area contributed by atoms with Gasteiger partial charge in [-0.1, -0.05) is 36.0 Å². The van der Waals surface area contributed by atoms with Gasteiger partial charge in [0.25, 0.3) is 12.0 Å². The summed E-state index contributed by atoms with van der Waals surface area (Å²) in [6.07, 6.45) is -0.732. The van der Waals surface area contributed by atoms with E-state index in [0.29, 0.717) is 23.9 Å². The summed E-state index contributed by atoms with van der Waals surface area (Å²) in [5, 5.41) is 13.3. The van der Waals surface area contributed by atoms with Crippen LogP contribution in [0, 0.1) is 11.8 Å². The van der Waals surface area contributed by atoms with Crippen molar-refractivity contribution < 1.29 is 27.0 Å². The second-order valence-corrected chi connectivity index (χ2v) is 11.0. The van der Waals surface area contributed by atoms with E-state index in [0.717, 1.165) is 30.7 Å². The van der Waals surface area contributed by atoms with Crippen LogP contribution in [0.25, 0.3) is 5.69 Å². The van der Waals surface area contributed by atoms with Crippen molar-refractivity contribution in [2.24, 2.45) is 0 Å². The maximum atomic E-state index is 13.1. The fourth-order valence-electron chi connectivity index (χ4n) is 3.43. The van der Waals surface area contributed by atoms with E-state index in [2.05, 4.69) is 21.7 Å². The molecule has 1 aromatic heterocycles. The molecule has 1 aliphatic rings. The Hall–Kier alpha value is -3.44. The number of aromatic hydroxyl groups is 1. The van der Waals surface area contributed by atoms with Crippen LogP contribution < -0.4 is 20.7 Å². The number of halogens is 4. The highest BCUT2D eigenvalue weighted by atomic mass is 35.5. The molecule has 0 amide bonds. The number of hydrogen-bond donors (Lipinski definition) is 3. The lowest BCUT2D eigenvalue weighted by Crippen LogP contribution is -2.35. The summed E-state index contributed by atoms with van der Waals surface area (Å²) in [6.45, 7) is 1.96. The van der Waals surface area contributed by atoms with Crippen LogP contribution in [0.2, 0.25) is 10.0 Å². The molecule has 0 spiro atoms. The highest BCUT2D eigenvalue weighted by Gasteiger charge is 2.45. The molecule has 4 rings (SSSR count). The van der Waals surface area contributed by atoms with Crippen molar-refractivity contribution in [3.63, 3.8) is 0 Å². The van der Waals surface area contributed by atoms with Crippen molar-refractivity contribution in [2.45, 2.75) is 49.5 Å². The molecule has 2 aromatic carbocycles. The number of aromatic nitrogens is 3. The molecule has 1 heterocycles. The summed E-state index contributed by atoms with van der Waals surface area (Å²) in [5.41, 5.74) is -4.68. The second-order valence-electron chi connectivity index (χ2n) is 8.57. The fourth-order valence-corrected chi connectivity index (χ4v) is 5.48. The van der Waals surface area contributed by atoms with Gasteiger partial charge in [0, 0.05) is 12.5 Å². The zero-order valence-electron chi connectivity index (χ0n) is 20.1. The van der Waals surface area contributed by atoms with Crippen molar-refractivity contribution >= 4 is 33.2 Å². The second kappa shape index (κ2) is 11.0. The molecular weight excluding hydrogens is 581 g/mol. The molecule has 0 bridgehead atoms. The lowest BCUT2D eigenvalue weighted by Gasteiger charge is -2.15. The maximum Gasteiger partial charge on any atom is 0.349 e. The summed E-state index contributed by atoms with van der Waals surface area (Å²) in [6, 6.07) is 5.69. The number of H-pyrrole nitrogens is 1. The first-order valence-electron chi connectivity index (χ1n) is 11.4. The quantitative estimate of drug-likeness (QED) is 0.327. The Morgan fingerprint density at radius 1 is 1.23 bits per heavy atom. The minimum absolute atomic E-state index is 0.0639. The van der Waals surface area contributed by atoms with E-state index in [4.69, 9.17) is 27.9 Å². The van der Waals surface area contributed by atoms with Crippen LogP contribution in [-0.2, 0) is 10.0 Å². The Balaban J connectivity index is 1.65. The van der Waals surface area contributed by atoms with Gasteiger partial charge in [0.1, 0.15) is 16.4 Å². The average Bonchev–Trinajstić information content (AvgIpc) is 3.60. The molecule has 0 unspecified atom stereocenters. The smallest absolute Gasteiger partial charge is 0.349 e. The average molecular weight is 601 g/mol. The molecule has 0 radical (unpaired) electrons. The Kier molecular flexibility index (Phi) is 8.04. The van der Waals surface area contributed by atoms with Gasteiger partial charge in [-0.15, -0.1) is 5.92 Å². The van der Waals surface area contributed by atoms with Crippen LogP contribution >= 0.6 is 23.2 Å². The van der Waals surface area contributed by atoms with Crippen molar-refractivity contribution in [3.8, 4) is 34.8 Å². The van der Waals surface area contributed by atoms with Gasteiger partial charge in [-0.3, -0.25) is 9.78 Å². The number of phenolic OH excluding ortho intramolecular Hbond substituents is 1. The van der Waals surface area contributed by atoms with Crippen molar-refractivity contribution in [2.75, 3.05) is 0 Å². The zero-order chi connectivity index (χ0) is 28.5. The van der Waals surface area contributed by atoms with Gasteiger partial charge in [-0.05, 0) is 43.5 Å². The third-order valence-corrected chi connectivity index (χ3v) is 7.64. The molecule has 3 N–H and O–H groups in total. The highest BCUT2D eigenvalue weighted by molar-refractivity contribution is 7.89. The van der Waals surface area contributed by atoms with Crippen LogP contribution in [0.1, 0.15) is 44.7 Å². The Morgan fingerprint density at radius 2 is 1.90 bits per heavy atom. The number of ether oxygens (including phenoxy) is 1. The molecule has 1 aliphatic carbocycles. The normalized spacial score (nSPS) is 14.1. The van der Waals surface area contributed by atoms with Gasteiger partial charge in [0.05, 0.1) is 21.3 Å². The third-order valence-electron chi connectivity index (χ3n) is 5.51. The summed E-state index contributed by atoms with van der Waals surface area (Å²) in [5.74, 6) is 5.12. The predicted octanol–water partition coefficient (Wildman–Crippen LogP) is 4.28. The molecule has 10 nitrogen and oxygen atoms in total. The number of nitrogens with one attached hydrogen (secondary N) is 2. The van der Waals surface area contributed by atoms with E-state index < -0.39 is 49.6 Å². The van der Waals surface area contributed by atoms with Gasteiger partial charge in [-0.25, -0.2) is 22.0 Å². The minimum Gasteiger partial charge on any atom is -0.507 e. The fraction of sp³-hybridized carbons (Fsp3) is 0.292. The van der Waals surface area contributed by atoms with E-state index in [-0.39, 0.29) is 27.2 Å². The molecule has 1 saturated carbocycles. The van der Waals surface area contributed by atoms with Crippen LogP contribution in [-0.4, -0.2) is 33.8 Å². The van der Waals surface area contributed by atoms with Crippen molar-refractivity contribution in [3.05, 3.63) is 66.9 Å². The molecule has 39 heavy (non-hydrogen) atoms. The lowest BCUT2D eigenvalue weighted by atomic mass is 10.2. The lowest BCUT2D eigenvalue weighted by molar-refractivity contribution is 0.141. The van der Waals surface area contributed by atoms with E-state index >= 15 is 0 Å². The molecule has 0 atom stereocenters. The molecule has 0 aliphatic heterocycles. The number of hydrogen-bond acceptors (Lipinski definition) is 7. The maximum absolute atomic E-state index is 13.1. The predicted molar refractivity (Wildman–Crippen MR) is 139 cm³/mol. The standard InChI is InChI=1S/C24H20Cl2F2N4O6S/c1-2-3-4-7-24(8-9-24)31-39(36,37)18-12-14(5-6-17(18)33)38-20-15(25)10-13(11-16(20)26)32-23(35)29-22(34)19(30-32)21(27)28/h5-6,10-12,21,31,33H,2-3,8-9H2,1H3,(H,29,34,35). The van der Waals surface area contributed by atoms with E-state index in [1.807, 2.05) is 6.92 Å². The van der Waals surface area contributed by atoms with Crippen LogP contribution in [0.15, 0.2) is 44.8 Å². The number of phenols is 1. The summed E-state index contributed by atoms with van der Waals surface area (Å²) >= 11 is 12.5. The van der Waals surface area contributed by atoms with E-state index in [1.165, 1.54) is 6.07 Å². The van der Waals surface area contributed by atoms with Crippen LogP contribution in [0.4, 0.5) is 8.78 Å². The molecule has 206 valence electrons. The van der Waals surface area contributed by atoms with Gasteiger partial charge >= 0.3 is 5.69 Å². The Bertz CT molecular complexity index is 1700. The number of alkyl halides is 2. The number of nitrogens with zero attached hydrogens (tertiary/aromatic N) is 2. The van der Waals surface area contributed by atoms with Gasteiger partial charge < -0.3 is 9.84 Å². The van der Waals surface area contributed by atoms with Crippen molar-refractivity contribution in [1.29, 1.82) is 0 Å². The first kappa shape index (κ1) is 28.6. The summed E-state index contributed by atoms with van der Waals surface area (Å²) in [7, 11) is -4.21. The zero-order valence-corrected chi connectivity index (χ0v) is 22.4. The first-order valence-corrected chi connectivity index (χ1v) is 13.7. The van der Waals surface area contributed by atoms with Crippen LogP contribution in [0.5, 0.6) is 17.2 Å². The monoisotopic (exact) mass is 600 g/mol. The number of benzene rings is 2. The number of unbranched alkanes of at least 4 members (excludes halogenated alkanes) is 1. The number of sulfonamides is 1. The third kappa shape index (κ3) is 6.25. The number of aromatic amines is 1. The Labute approximate surface area is 230 Å². The molecular formula is C24H20Cl2F2N4O6S. The molecule has 1 fully saturated rings. The van der Waals surface area contributed by atoms with Gasteiger partial charge in [-0.2, -0.15) is 14.5 Å². The van der Waals surface area contributed by atoms with Crippen LogP contribution in [0.3, 0.4) is 0 Å². The molecule has 3 aromatic rings. The van der Waals surface area contributed by atoms with Gasteiger partial charge in [0.2, 0.25) is 10.0 Å². The topological polar surface area (TPSA) is 143 Å². The highest BCUT2D eigenvalue weighted by Crippen LogP contribution is 2.41. The SMILES string of the molecule is CCCC#CC1(NS(=O)(=O)c2cc(Oc3c(Cl)cc(-n4nc(C(F)F)c(=O)[nH]c4=O)cc3Cl)ccc2O)CC1.